The van der Waals surface area contributed by atoms with Crippen LogP contribution in [-0.2, 0) is 6.42 Å². The van der Waals surface area contributed by atoms with E-state index >= 15 is 0 Å². The first-order chi connectivity index (χ1) is 6.79. The van der Waals surface area contributed by atoms with Crippen molar-refractivity contribution in [1.82, 2.24) is 4.98 Å². The fraction of sp³-hybridized carbons (Fsp3) is 0.200. The lowest BCUT2D eigenvalue weighted by Crippen LogP contribution is -1.82. The fourth-order valence-corrected chi connectivity index (χ4v) is 2.45. The summed E-state index contributed by atoms with van der Waals surface area (Å²) in [6, 6.07) is 6.17. The van der Waals surface area contributed by atoms with Gasteiger partial charge in [-0.05, 0) is 18.2 Å². The van der Waals surface area contributed by atoms with Crippen molar-refractivity contribution in [2.24, 2.45) is 4.99 Å². The summed E-state index contributed by atoms with van der Waals surface area (Å²) in [6.45, 7) is 0. The average molecular weight is 269 g/mol. The van der Waals surface area contributed by atoms with Crippen molar-refractivity contribution in [3.05, 3.63) is 27.7 Å². The highest BCUT2D eigenvalue weighted by Crippen LogP contribution is 2.25. The molecule has 0 aliphatic rings. The summed E-state index contributed by atoms with van der Waals surface area (Å²) in [5.74, 6) is 0. The van der Waals surface area contributed by atoms with E-state index in [1.165, 1.54) is 4.70 Å². The molecule has 0 aliphatic heterocycles. The van der Waals surface area contributed by atoms with Crippen LogP contribution in [0.5, 0.6) is 0 Å². The lowest BCUT2D eigenvalue weighted by Gasteiger charge is -1.87. The van der Waals surface area contributed by atoms with E-state index in [2.05, 4.69) is 32.0 Å². The van der Waals surface area contributed by atoms with Crippen LogP contribution in [0, 0.1) is 0 Å². The van der Waals surface area contributed by atoms with E-state index in [0.29, 0.717) is 0 Å². The molecule has 1 aromatic heterocycles. The molecular formula is C10H9BrN2S. The fourth-order valence-electron chi connectivity index (χ4n) is 1.20. The lowest BCUT2D eigenvalue weighted by atomic mass is 10.3. The summed E-state index contributed by atoms with van der Waals surface area (Å²) in [4.78, 5) is 8.46. The first kappa shape index (κ1) is 9.80. The Kier molecular flexibility index (Phi) is 2.93. The number of fused-ring (bicyclic) bond motifs is 1. The maximum atomic E-state index is 4.51. The van der Waals surface area contributed by atoms with Gasteiger partial charge in [-0.15, -0.1) is 11.3 Å². The van der Waals surface area contributed by atoms with Gasteiger partial charge in [0, 0.05) is 24.2 Å². The second kappa shape index (κ2) is 4.19. The van der Waals surface area contributed by atoms with Gasteiger partial charge in [-0.1, -0.05) is 15.9 Å². The molecule has 0 amide bonds. The van der Waals surface area contributed by atoms with E-state index in [1.54, 1.807) is 18.4 Å². The quantitative estimate of drug-likeness (QED) is 0.768. The number of hydrogen-bond donors (Lipinski definition) is 0. The zero-order chi connectivity index (χ0) is 9.97. The van der Waals surface area contributed by atoms with Crippen molar-refractivity contribution in [2.75, 3.05) is 7.05 Å². The predicted molar refractivity (Wildman–Crippen MR) is 65.4 cm³/mol. The number of aliphatic imine (C=N–C) groups is 1. The Bertz CT molecular complexity index is 476. The molecule has 14 heavy (non-hydrogen) atoms. The first-order valence-electron chi connectivity index (χ1n) is 4.25. The van der Waals surface area contributed by atoms with E-state index < -0.39 is 0 Å². The van der Waals surface area contributed by atoms with Crippen LogP contribution < -0.4 is 0 Å². The molecule has 4 heteroatoms. The van der Waals surface area contributed by atoms with E-state index in [4.69, 9.17) is 0 Å². The van der Waals surface area contributed by atoms with Crippen LogP contribution in [0.4, 0.5) is 0 Å². The summed E-state index contributed by atoms with van der Waals surface area (Å²) >= 11 is 5.16. The van der Waals surface area contributed by atoms with Crippen molar-refractivity contribution >= 4 is 43.7 Å². The molecule has 0 N–H and O–H groups in total. The molecule has 2 nitrogen and oxygen atoms in total. The third-order valence-electron chi connectivity index (χ3n) is 1.84. The maximum absolute atomic E-state index is 4.51. The van der Waals surface area contributed by atoms with Crippen LogP contribution in [-0.4, -0.2) is 18.2 Å². The van der Waals surface area contributed by atoms with E-state index in [-0.39, 0.29) is 0 Å². The van der Waals surface area contributed by atoms with Gasteiger partial charge in [-0.2, -0.15) is 0 Å². The standard InChI is InChI=1S/C10H9BrN2S/c1-12-5-4-10-13-8-6-7(11)2-3-9(8)14-10/h2-3,5-6H,4H2,1H3/b12-5+. The van der Waals surface area contributed by atoms with E-state index in [1.807, 2.05) is 18.3 Å². The molecule has 0 aliphatic carbocycles. The van der Waals surface area contributed by atoms with Gasteiger partial charge in [0.1, 0.15) is 0 Å². The van der Waals surface area contributed by atoms with Gasteiger partial charge >= 0.3 is 0 Å². The normalized spacial score (nSPS) is 11.6. The molecule has 0 saturated carbocycles. The Hall–Kier alpha value is -0.740. The van der Waals surface area contributed by atoms with E-state index in [0.717, 1.165) is 21.4 Å². The summed E-state index contributed by atoms with van der Waals surface area (Å²) in [5.41, 5.74) is 1.06. The monoisotopic (exact) mass is 268 g/mol. The highest BCUT2D eigenvalue weighted by Gasteiger charge is 2.02. The molecule has 72 valence electrons. The molecule has 1 heterocycles. The third-order valence-corrected chi connectivity index (χ3v) is 3.39. The second-order valence-electron chi connectivity index (χ2n) is 2.86. The largest absolute Gasteiger partial charge is 0.300 e. The second-order valence-corrected chi connectivity index (χ2v) is 4.90. The number of thiazole rings is 1. The lowest BCUT2D eigenvalue weighted by molar-refractivity contribution is 1.26. The molecule has 0 bridgehead atoms. The molecule has 0 saturated heterocycles. The number of rotatable bonds is 2. The van der Waals surface area contributed by atoms with Gasteiger partial charge < -0.3 is 4.99 Å². The highest BCUT2D eigenvalue weighted by atomic mass is 79.9. The number of nitrogens with zero attached hydrogens (tertiary/aromatic N) is 2. The zero-order valence-electron chi connectivity index (χ0n) is 7.70. The summed E-state index contributed by atoms with van der Waals surface area (Å²) in [6.07, 6.45) is 2.71. The van der Waals surface area contributed by atoms with Gasteiger partial charge in [0.25, 0.3) is 0 Å². The van der Waals surface area contributed by atoms with Crippen LogP contribution >= 0.6 is 27.3 Å². The van der Waals surface area contributed by atoms with Crippen LogP contribution in [0.3, 0.4) is 0 Å². The summed E-state index contributed by atoms with van der Waals surface area (Å²) < 4.78 is 2.30. The average Bonchev–Trinajstić information content (AvgIpc) is 2.56. The van der Waals surface area contributed by atoms with E-state index in [9.17, 15) is 0 Å². The minimum absolute atomic E-state index is 0.827. The molecule has 2 aromatic rings. The van der Waals surface area contributed by atoms with Crippen molar-refractivity contribution in [3.63, 3.8) is 0 Å². The molecule has 0 unspecified atom stereocenters. The molecule has 0 radical (unpaired) electrons. The zero-order valence-corrected chi connectivity index (χ0v) is 10.1. The Balaban J connectivity index is 2.41. The Morgan fingerprint density at radius 3 is 3.21 bits per heavy atom. The van der Waals surface area contributed by atoms with Gasteiger partial charge in [0.2, 0.25) is 0 Å². The number of halogens is 1. The van der Waals surface area contributed by atoms with Crippen molar-refractivity contribution < 1.29 is 0 Å². The van der Waals surface area contributed by atoms with Gasteiger partial charge in [-0.3, -0.25) is 0 Å². The SMILES string of the molecule is C/N=C/Cc1nc2cc(Br)ccc2s1. The van der Waals surface area contributed by atoms with Crippen LogP contribution in [0.2, 0.25) is 0 Å². The minimum Gasteiger partial charge on any atom is -0.300 e. The minimum atomic E-state index is 0.827. The highest BCUT2D eigenvalue weighted by molar-refractivity contribution is 9.10. The molecule has 0 spiro atoms. The van der Waals surface area contributed by atoms with Crippen molar-refractivity contribution in [2.45, 2.75) is 6.42 Å². The first-order valence-corrected chi connectivity index (χ1v) is 5.86. The third kappa shape index (κ3) is 2.01. The van der Waals surface area contributed by atoms with Gasteiger partial charge in [0.15, 0.2) is 0 Å². The Morgan fingerprint density at radius 1 is 1.57 bits per heavy atom. The van der Waals surface area contributed by atoms with Gasteiger partial charge in [-0.25, -0.2) is 4.98 Å². The molecule has 0 fully saturated rings. The van der Waals surface area contributed by atoms with Gasteiger partial charge in [0.05, 0.1) is 15.2 Å². The molecular weight excluding hydrogens is 260 g/mol. The number of benzene rings is 1. The van der Waals surface area contributed by atoms with Crippen LogP contribution in [0.25, 0.3) is 10.2 Å². The van der Waals surface area contributed by atoms with Crippen LogP contribution in [0.15, 0.2) is 27.7 Å². The summed E-state index contributed by atoms with van der Waals surface area (Å²) in [7, 11) is 1.78. The Labute approximate surface area is 94.8 Å². The molecule has 1 aromatic carbocycles. The summed E-state index contributed by atoms with van der Waals surface area (Å²) in [5, 5.41) is 1.11. The van der Waals surface area contributed by atoms with Crippen LogP contribution in [0.1, 0.15) is 5.01 Å². The van der Waals surface area contributed by atoms with Crippen molar-refractivity contribution in [3.8, 4) is 0 Å². The smallest absolute Gasteiger partial charge is 0.0991 e. The number of hydrogen-bond acceptors (Lipinski definition) is 3. The molecule has 2 rings (SSSR count). The molecule has 0 atom stereocenters. The maximum Gasteiger partial charge on any atom is 0.0991 e. The topological polar surface area (TPSA) is 25.2 Å². The number of aromatic nitrogens is 1. The van der Waals surface area contributed by atoms with Crippen molar-refractivity contribution in [1.29, 1.82) is 0 Å². The Morgan fingerprint density at radius 2 is 2.43 bits per heavy atom. The predicted octanol–water partition coefficient (Wildman–Crippen LogP) is 3.30.